The monoisotopic (exact) mass is 168 g/mol. The molecule has 0 unspecified atom stereocenters. The van der Waals surface area contributed by atoms with E-state index in [1.54, 1.807) is 18.3 Å². The van der Waals surface area contributed by atoms with Crippen LogP contribution in [-0.4, -0.2) is 5.78 Å². The molecule has 1 aromatic heterocycles. The van der Waals surface area contributed by atoms with Gasteiger partial charge in [0.05, 0.1) is 0 Å². The zero-order chi connectivity index (χ0) is 8.59. The number of aryl methyl sites for hydroxylation is 2. The molecule has 1 nitrogen and oxygen atoms in total. The highest BCUT2D eigenvalue weighted by molar-refractivity contribution is 7.12. The van der Waals surface area contributed by atoms with Crippen molar-refractivity contribution in [1.82, 2.24) is 0 Å². The quantitative estimate of drug-likeness (QED) is 0.589. The van der Waals surface area contributed by atoms with Gasteiger partial charge in [-0.3, -0.25) is 4.79 Å². The van der Waals surface area contributed by atoms with Crippen molar-refractivity contribution in [2.75, 3.05) is 0 Å². The van der Waals surface area contributed by atoms with Gasteiger partial charge in [-0.05, 0) is 33.3 Å². The van der Waals surface area contributed by atoms with Gasteiger partial charge < -0.3 is 0 Å². The Bertz CT molecular complexity index is 297. The van der Waals surface area contributed by atoms with Crippen molar-refractivity contribution in [3.8, 4) is 0 Å². The molecule has 0 spiro atoms. The van der Waals surface area contributed by atoms with Crippen molar-refractivity contribution in [2.24, 2.45) is 0 Å². The van der Waals surface area contributed by atoms with Gasteiger partial charge in [-0.1, -0.05) is 0 Å². The number of carbonyl (C=O) groups excluding carboxylic acids is 1. The molecule has 0 N–H and O–H groups in total. The maximum atomic E-state index is 11.1. The number of rotatable bonds is 1. The van der Waals surface area contributed by atoms with Crippen LogP contribution in [-0.2, 0) is 0 Å². The lowest BCUT2D eigenvalue weighted by atomic mass is 10.1. The molecule has 11 heavy (non-hydrogen) atoms. The fourth-order valence-corrected chi connectivity index (χ4v) is 2.42. The molecule has 60 valence electrons. The summed E-state index contributed by atoms with van der Waals surface area (Å²) in [6.07, 6.45) is 0. The molecule has 0 aliphatic rings. The maximum Gasteiger partial charge on any atom is 0.161 e. The highest BCUT2D eigenvalue weighted by Crippen LogP contribution is 2.26. The molecule has 0 radical (unpaired) electrons. The van der Waals surface area contributed by atoms with Crippen LogP contribution in [0.4, 0.5) is 0 Å². The zero-order valence-corrected chi connectivity index (χ0v) is 8.13. The average Bonchev–Trinajstić information content (AvgIpc) is 2.07. The Morgan fingerprint density at radius 2 is 1.73 bits per heavy atom. The lowest BCUT2D eigenvalue weighted by Crippen LogP contribution is -1.94. The Hall–Kier alpha value is -0.630. The van der Waals surface area contributed by atoms with E-state index in [1.165, 1.54) is 4.88 Å². The molecular weight excluding hydrogens is 156 g/mol. The molecule has 0 aliphatic heterocycles. The predicted molar refractivity (Wildman–Crippen MR) is 48.5 cm³/mol. The lowest BCUT2D eigenvalue weighted by Gasteiger charge is -1.94. The fourth-order valence-electron chi connectivity index (χ4n) is 1.31. The maximum absolute atomic E-state index is 11.1. The van der Waals surface area contributed by atoms with Crippen LogP contribution >= 0.6 is 11.3 Å². The van der Waals surface area contributed by atoms with Crippen molar-refractivity contribution in [1.29, 1.82) is 0 Å². The summed E-state index contributed by atoms with van der Waals surface area (Å²) in [7, 11) is 0. The second kappa shape index (κ2) is 2.78. The lowest BCUT2D eigenvalue weighted by molar-refractivity contribution is 0.101. The van der Waals surface area contributed by atoms with Crippen LogP contribution in [0.5, 0.6) is 0 Å². The number of ketones is 1. The normalized spacial score (nSPS) is 10.2. The summed E-state index contributed by atoms with van der Waals surface area (Å²) in [4.78, 5) is 13.5. The molecule has 1 rings (SSSR count). The van der Waals surface area contributed by atoms with Gasteiger partial charge >= 0.3 is 0 Å². The first-order valence-electron chi connectivity index (χ1n) is 3.61. The molecule has 0 fully saturated rings. The van der Waals surface area contributed by atoms with E-state index < -0.39 is 0 Å². The summed E-state index contributed by atoms with van der Waals surface area (Å²) in [6.45, 7) is 7.69. The van der Waals surface area contributed by atoms with E-state index in [9.17, 15) is 4.79 Å². The number of carbonyl (C=O) groups is 1. The first-order chi connectivity index (χ1) is 5.04. The molecule has 0 bridgehead atoms. The Balaban J connectivity index is 3.34. The Labute approximate surface area is 71.1 Å². The van der Waals surface area contributed by atoms with E-state index in [-0.39, 0.29) is 5.78 Å². The van der Waals surface area contributed by atoms with E-state index in [0.29, 0.717) is 0 Å². The van der Waals surface area contributed by atoms with Gasteiger partial charge in [-0.2, -0.15) is 0 Å². The first-order valence-corrected chi connectivity index (χ1v) is 4.43. The van der Waals surface area contributed by atoms with Crippen molar-refractivity contribution in [2.45, 2.75) is 27.7 Å². The minimum absolute atomic E-state index is 0.185. The third-order valence-electron chi connectivity index (χ3n) is 1.91. The van der Waals surface area contributed by atoms with Crippen molar-refractivity contribution < 1.29 is 4.79 Å². The van der Waals surface area contributed by atoms with Crippen LogP contribution in [0.15, 0.2) is 0 Å². The molecule has 2 heteroatoms. The minimum Gasteiger partial charge on any atom is -0.294 e. The van der Waals surface area contributed by atoms with Crippen LogP contribution in [0.2, 0.25) is 0 Å². The van der Waals surface area contributed by atoms with Crippen LogP contribution in [0.1, 0.15) is 32.6 Å². The summed E-state index contributed by atoms with van der Waals surface area (Å²) in [6, 6.07) is 0. The molecular formula is C9H12OS. The van der Waals surface area contributed by atoms with Gasteiger partial charge in [0.2, 0.25) is 0 Å². The molecule has 0 saturated heterocycles. The molecule has 0 saturated carbocycles. The van der Waals surface area contributed by atoms with Crippen LogP contribution in [0.25, 0.3) is 0 Å². The zero-order valence-electron chi connectivity index (χ0n) is 7.32. The van der Waals surface area contributed by atoms with Gasteiger partial charge in [0.25, 0.3) is 0 Å². The van der Waals surface area contributed by atoms with Gasteiger partial charge in [0, 0.05) is 15.3 Å². The summed E-state index contributed by atoms with van der Waals surface area (Å²) in [5.41, 5.74) is 2.08. The highest BCUT2D eigenvalue weighted by atomic mass is 32.1. The number of hydrogen-bond donors (Lipinski definition) is 0. The minimum atomic E-state index is 0.185. The summed E-state index contributed by atoms with van der Waals surface area (Å²) in [5.74, 6) is 0.185. The molecule has 1 heterocycles. The van der Waals surface area contributed by atoms with Crippen LogP contribution < -0.4 is 0 Å². The van der Waals surface area contributed by atoms with Gasteiger partial charge in [0.1, 0.15) is 0 Å². The van der Waals surface area contributed by atoms with E-state index >= 15 is 0 Å². The Kier molecular flexibility index (Phi) is 2.14. The van der Waals surface area contributed by atoms with Gasteiger partial charge in [-0.25, -0.2) is 0 Å². The van der Waals surface area contributed by atoms with E-state index in [1.807, 2.05) is 13.8 Å². The average molecular weight is 168 g/mol. The van der Waals surface area contributed by atoms with Crippen LogP contribution in [0, 0.1) is 20.8 Å². The largest absolute Gasteiger partial charge is 0.294 e. The molecule has 0 aromatic carbocycles. The number of Topliss-reactive ketones (excluding diaryl/α,β-unsaturated/α-hetero) is 1. The van der Waals surface area contributed by atoms with Gasteiger partial charge in [-0.15, -0.1) is 11.3 Å². The SMILES string of the molecule is CC(=O)c1c(C)sc(C)c1C. The third-order valence-corrected chi connectivity index (χ3v) is 3.04. The second-order valence-corrected chi connectivity index (χ2v) is 4.20. The standard InChI is InChI=1S/C9H12OS/c1-5-7(3)11-8(4)9(5)6(2)10/h1-4H3. The Morgan fingerprint density at radius 1 is 1.18 bits per heavy atom. The highest BCUT2D eigenvalue weighted by Gasteiger charge is 2.11. The summed E-state index contributed by atoms with van der Waals surface area (Å²) in [5, 5.41) is 0. The topological polar surface area (TPSA) is 17.1 Å². The van der Waals surface area contributed by atoms with Crippen molar-refractivity contribution >= 4 is 17.1 Å². The molecule has 0 atom stereocenters. The van der Waals surface area contributed by atoms with Gasteiger partial charge in [0.15, 0.2) is 5.78 Å². The smallest absolute Gasteiger partial charge is 0.161 e. The van der Waals surface area contributed by atoms with E-state index in [0.717, 1.165) is 16.0 Å². The molecule has 0 amide bonds. The van der Waals surface area contributed by atoms with Crippen LogP contribution in [0.3, 0.4) is 0 Å². The van der Waals surface area contributed by atoms with E-state index in [4.69, 9.17) is 0 Å². The second-order valence-electron chi connectivity index (χ2n) is 2.77. The van der Waals surface area contributed by atoms with Crippen molar-refractivity contribution in [3.63, 3.8) is 0 Å². The predicted octanol–water partition coefficient (Wildman–Crippen LogP) is 2.88. The number of hydrogen-bond acceptors (Lipinski definition) is 2. The molecule has 1 aromatic rings. The molecule has 0 aliphatic carbocycles. The summed E-state index contributed by atoms with van der Waals surface area (Å²) < 4.78 is 0. The van der Waals surface area contributed by atoms with Crippen molar-refractivity contribution in [3.05, 3.63) is 20.9 Å². The Morgan fingerprint density at radius 3 is 1.91 bits per heavy atom. The summed E-state index contributed by atoms with van der Waals surface area (Å²) >= 11 is 1.70. The third kappa shape index (κ3) is 1.36. The number of thiophene rings is 1. The fraction of sp³-hybridized carbons (Fsp3) is 0.444. The first kappa shape index (κ1) is 8.47. The van der Waals surface area contributed by atoms with E-state index in [2.05, 4.69) is 6.92 Å².